The Morgan fingerprint density at radius 3 is 2.65 bits per heavy atom. The second kappa shape index (κ2) is 5.56. The van der Waals surface area contributed by atoms with Gasteiger partial charge in [0.2, 0.25) is 0 Å². The summed E-state index contributed by atoms with van der Waals surface area (Å²) in [4.78, 5) is 28.1. The normalized spacial score (nSPS) is 16.7. The molecule has 0 aliphatic carbocycles. The molecular formula is C15H15N5O3. The van der Waals surface area contributed by atoms with Crippen molar-refractivity contribution in [1.82, 2.24) is 9.78 Å². The summed E-state index contributed by atoms with van der Waals surface area (Å²) in [5.74, 6) is -2.36. The van der Waals surface area contributed by atoms with Gasteiger partial charge in [-0.25, -0.2) is 4.68 Å². The Hall–Kier alpha value is -3.16. The number of anilines is 1. The minimum Gasteiger partial charge on any atom is -0.465 e. The molecule has 8 heteroatoms. The Balaban J connectivity index is 2.23. The van der Waals surface area contributed by atoms with Crippen molar-refractivity contribution in [2.24, 2.45) is 10.7 Å². The van der Waals surface area contributed by atoms with Gasteiger partial charge in [-0.15, -0.1) is 5.10 Å². The fraction of sp³-hybridized carbons (Fsp3) is 0.200. The maximum atomic E-state index is 12.3. The predicted molar refractivity (Wildman–Crippen MR) is 83.3 cm³/mol. The number of amides is 1. The van der Waals surface area contributed by atoms with Gasteiger partial charge in [0.05, 0.1) is 18.0 Å². The maximum absolute atomic E-state index is 12.3. The molecule has 1 unspecified atom stereocenters. The lowest BCUT2D eigenvalue weighted by atomic mass is 9.96. The molecule has 1 aromatic heterocycles. The van der Waals surface area contributed by atoms with Gasteiger partial charge in [0.1, 0.15) is 11.4 Å². The lowest BCUT2D eigenvalue weighted by Gasteiger charge is -2.20. The van der Waals surface area contributed by atoms with E-state index in [0.29, 0.717) is 5.69 Å². The second-order valence-electron chi connectivity index (χ2n) is 4.92. The highest BCUT2D eigenvalue weighted by Gasteiger charge is 2.40. The molecule has 3 rings (SSSR count). The molecule has 2 aromatic rings. The van der Waals surface area contributed by atoms with Gasteiger partial charge >= 0.3 is 5.97 Å². The number of benzene rings is 1. The lowest BCUT2D eigenvalue weighted by Crippen LogP contribution is -2.36. The van der Waals surface area contributed by atoms with Gasteiger partial charge in [0.15, 0.2) is 11.7 Å². The molecule has 0 saturated heterocycles. The van der Waals surface area contributed by atoms with Crippen LogP contribution in [0.25, 0.3) is 5.69 Å². The summed E-state index contributed by atoms with van der Waals surface area (Å²) in [6, 6.07) is 9.01. The van der Waals surface area contributed by atoms with E-state index in [9.17, 15) is 9.59 Å². The second-order valence-corrected chi connectivity index (χ2v) is 4.92. The van der Waals surface area contributed by atoms with E-state index in [2.05, 4.69) is 10.1 Å². The zero-order valence-corrected chi connectivity index (χ0v) is 12.4. The molecule has 0 fully saturated rings. The van der Waals surface area contributed by atoms with Crippen molar-refractivity contribution in [3.63, 3.8) is 0 Å². The van der Waals surface area contributed by atoms with E-state index in [1.165, 1.54) is 4.68 Å². The Labute approximate surface area is 131 Å². The van der Waals surface area contributed by atoms with Gasteiger partial charge in [-0.1, -0.05) is 18.2 Å². The third-order valence-corrected chi connectivity index (χ3v) is 3.48. The number of hydrogen-bond donors (Lipinski definition) is 2. The molecule has 0 bridgehead atoms. The number of nitrogens with zero attached hydrogens (tertiary/aromatic N) is 3. The van der Waals surface area contributed by atoms with Crippen molar-refractivity contribution >= 4 is 23.5 Å². The highest BCUT2D eigenvalue weighted by Crippen LogP contribution is 2.32. The monoisotopic (exact) mass is 313 g/mol. The zero-order valence-electron chi connectivity index (χ0n) is 12.4. The topological polar surface area (TPSA) is 126 Å². The molecule has 4 N–H and O–H groups in total. The molecule has 23 heavy (non-hydrogen) atoms. The van der Waals surface area contributed by atoms with E-state index in [4.69, 9.17) is 16.2 Å². The molecule has 1 amide bonds. The smallest absolute Gasteiger partial charge is 0.322 e. The van der Waals surface area contributed by atoms with Crippen LogP contribution >= 0.6 is 0 Å². The fourth-order valence-electron chi connectivity index (χ4n) is 2.54. The average Bonchev–Trinajstić information content (AvgIpc) is 2.86. The zero-order chi connectivity index (χ0) is 16.6. The summed E-state index contributed by atoms with van der Waals surface area (Å²) in [6.07, 6.45) is 0. The van der Waals surface area contributed by atoms with Crippen LogP contribution in [0, 0.1) is 0 Å². The van der Waals surface area contributed by atoms with Gasteiger partial charge in [-0.2, -0.15) is 4.99 Å². The average molecular weight is 313 g/mol. The number of fused-ring (bicyclic) bond motifs is 1. The lowest BCUT2D eigenvalue weighted by molar-refractivity contribution is -0.143. The molecule has 0 radical (unpaired) electrons. The minimum atomic E-state index is -1.02. The molecule has 2 heterocycles. The summed E-state index contributed by atoms with van der Waals surface area (Å²) >= 11 is 0. The number of nitrogen functional groups attached to an aromatic ring is 1. The van der Waals surface area contributed by atoms with Crippen LogP contribution < -0.4 is 11.5 Å². The number of para-hydroxylation sites is 1. The van der Waals surface area contributed by atoms with Crippen molar-refractivity contribution in [1.29, 1.82) is 0 Å². The van der Waals surface area contributed by atoms with Crippen molar-refractivity contribution < 1.29 is 14.3 Å². The van der Waals surface area contributed by atoms with Crippen molar-refractivity contribution in [3.05, 3.63) is 41.6 Å². The van der Waals surface area contributed by atoms with E-state index in [1.807, 2.05) is 6.07 Å². The number of ether oxygens (including phenoxy) is 1. The number of carbonyl (C=O) groups is 2. The summed E-state index contributed by atoms with van der Waals surface area (Å²) in [5, 5.41) is 4.18. The number of rotatable bonds is 3. The number of nitrogens with two attached hydrogens (primary N) is 2. The molecule has 8 nitrogen and oxygen atoms in total. The SMILES string of the molecule is CCOC(=O)C1C(N)=NC(=O)c2c(N)nn(-c3ccccc3)c21. The summed E-state index contributed by atoms with van der Waals surface area (Å²) in [6.45, 7) is 1.86. The Kier molecular flexibility index (Phi) is 3.57. The highest BCUT2D eigenvalue weighted by atomic mass is 16.5. The molecule has 1 atom stereocenters. The van der Waals surface area contributed by atoms with Gasteiger partial charge in [-0.3, -0.25) is 9.59 Å². The maximum Gasteiger partial charge on any atom is 0.322 e. The highest BCUT2D eigenvalue weighted by molar-refractivity contribution is 6.18. The van der Waals surface area contributed by atoms with E-state index in [1.54, 1.807) is 31.2 Å². The van der Waals surface area contributed by atoms with E-state index >= 15 is 0 Å². The Bertz CT molecular complexity index is 810. The number of amidine groups is 1. The van der Waals surface area contributed by atoms with Crippen LogP contribution in [0.2, 0.25) is 0 Å². The first-order valence-corrected chi connectivity index (χ1v) is 7.03. The number of aliphatic imine (C=N–C) groups is 1. The first-order valence-electron chi connectivity index (χ1n) is 7.03. The molecule has 1 aliphatic rings. The van der Waals surface area contributed by atoms with Gasteiger partial charge in [0, 0.05) is 0 Å². The third-order valence-electron chi connectivity index (χ3n) is 3.48. The van der Waals surface area contributed by atoms with Crippen molar-refractivity contribution in [2.75, 3.05) is 12.3 Å². The van der Waals surface area contributed by atoms with Crippen molar-refractivity contribution in [3.8, 4) is 5.69 Å². The molecule has 1 aromatic carbocycles. The Morgan fingerprint density at radius 2 is 2.00 bits per heavy atom. The Morgan fingerprint density at radius 1 is 1.30 bits per heavy atom. The van der Waals surface area contributed by atoms with Crippen LogP contribution in [0.3, 0.4) is 0 Å². The number of aromatic nitrogens is 2. The fourth-order valence-corrected chi connectivity index (χ4v) is 2.54. The summed E-state index contributed by atoms with van der Waals surface area (Å²) < 4.78 is 6.49. The van der Waals surface area contributed by atoms with Crippen LogP contribution in [0.1, 0.15) is 28.9 Å². The van der Waals surface area contributed by atoms with Crippen molar-refractivity contribution in [2.45, 2.75) is 12.8 Å². The van der Waals surface area contributed by atoms with E-state index < -0.39 is 17.8 Å². The number of esters is 1. The van der Waals surface area contributed by atoms with Gasteiger partial charge < -0.3 is 16.2 Å². The number of carbonyl (C=O) groups excluding carboxylic acids is 2. The number of hydrogen-bond acceptors (Lipinski definition) is 6. The van der Waals surface area contributed by atoms with Gasteiger partial charge in [0.25, 0.3) is 5.91 Å². The summed E-state index contributed by atoms with van der Waals surface area (Å²) in [7, 11) is 0. The van der Waals surface area contributed by atoms with E-state index in [0.717, 1.165) is 0 Å². The standard InChI is InChI=1S/C15H15N5O3/c1-2-23-15(22)10-11-9(14(21)18-12(10)16)13(17)19-20(11)8-6-4-3-5-7-8/h3-7,10H,2H2,1H3,(H2,17,19)(H2,16,18,21). The van der Waals surface area contributed by atoms with Crippen LogP contribution in [-0.2, 0) is 9.53 Å². The molecule has 0 saturated carbocycles. The van der Waals surface area contributed by atoms with Gasteiger partial charge in [-0.05, 0) is 19.1 Å². The molecule has 1 aliphatic heterocycles. The largest absolute Gasteiger partial charge is 0.465 e. The minimum absolute atomic E-state index is 0.000554. The molecule has 0 spiro atoms. The molecule has 118 valence electrons. The first-order chi connectivity index (χ1) is 11.0. The van der Waals surface area contributed by atoms with Crippen LogP contribution in [0.4, 0.5) is 5.82 Å². The molecular weight excluding hydrogens is 298 g/mol. The predicted octanol–water partition coefficient (Wildman–Crippen LogP) is 0.612. The summed E-state index contributed by atoms with van der Waals surface area (Å²) in [5.41, 5.74) is 12.7. The third kappa shape index (κ3) is 2.33. The first kappa shape index (κ1) is 14.8. The van der Waals surface area contributed by atoms with E-state index in [-0.39, 0.29) is 29.5 Å². The van der Waals surface area contributed by atoms with Crippen LogP contribution in [-0.4, -0.2) is 34.1 Å². The van der Waals surface area contributed by atoms with Crippen LogP contribution in [0.5, 0.6) is 0 Å². The van der Waals surface area contributed by atoms with Crippen LogP contribution in [0.15, 0.2) is 35.3 Å². The quantitative estimate of drug-likeness (QED) is 0.800.